The second-order valence-corrected chi connectivity index (χ2v) is 7.98. The van der Waals surface area contributed by atoms with Crippen molar-refractivity contribution >= 4 is 23.6 Å². The topological polar surface area (TPSA) is 72.2 Å². The Morgan fingerprint density at radius 1 is 0.828 bits per heavy atom. The van der Waals surface area contributed by atoms with Crippen LogP contribution in [-0.2, 0) is 14.3 Å². The summed E-state index contributed by atoms with van der Waals surface area (Å²) in [6.45, 7) is 1.39. The second-order valence-electron chi connectivity index (χ2n) is 6.75. The van der Waals surface area contributed by atoms with Gasteiger partial charge in [-0.15, -0.1) is 11.8 Å². The first-order chi connectivity index (χ1) is 14.0. The average Bonchev–Trinajstić information content (AvgIpc) is 2.75. The molecule has 5 heteroatoms. The van der Waals surface area contributed by atoms with Gasteiger partial charge in [0.1, 0.15) is 6.04 Å². The van der Waals surface area contributed by atoms with Gasteiger partial charge in [-0.05, 0) is 16.7 Å². The Kier molecular flexibility index (Phi) is 6.73. The van der Waals surface area contributed by atoms with E-state index in [1.807, 2.05) is 54.6 Å². The molecule has 148 valence electrons. The number of carbonyl (C=O) groups is 2. The summed E-state index contributed by atoms with van der Waals surface area (Å²) in [6.07, 6.45) is 0. The van der Waals surface area contributed by atoms with Crippen molar-refractivity contribution in [3.05, 3.63) is 108 Å². The van der Waals surface area contributed by atoms with Crippen molar-refractivity contribution in [3.8, 4) is 0 Å². The zero-order valence-corrected chi connectivity index (χ0v) is 17.1. The predicted octanol–water partition coefficient (Wildman–Crippen LogP) is 3.70. The maximum absolute atomic E-state index is 12.0. The lowest BCUT2D eigenvalue weighted by molar-refractivity contribution is -0.125. The summed E-state index contributed by atoms with van der Waals surface area (Å²) < 4.78 is -0.560. The van der Waals surface area contributed by atoms with E-state index in [0.29, 0.717) is 5.75 Å². The predicted molar refractivity (Wildman–Crippen MR) is 118 cm³/mol. The molecule has 3 N–H and O–H groups in total. The van der Waals surface area contributed by atoms with Crippen LogP contribution in [0.3, 0.4) is 0 Å². The molecule has 0 heterocycles. The van der Waals surface area contributed by atoms with Gasteiger partial charge in [-0.3, -0.25) is 9.59 Å². The summed E-state index contributed by atoms with van der Waals surface area (Å²) in [7, 11) is 0. The van der Waals surface area contributed by atoms with E-state index in [1.165, 1.54) is 6.92 Å². The molecule has 29 heavy (non-hydrogen) atoms. The fraction of sp³-hybridized carbons (Fsp3) is 0.167. The van der Waals surface area contributed by atoms with Gasteiger partial charge in [-0.25, -0.2) is 0 Å². The van der Waals surface area contributed by atoms with E-state index < -0.39 is 16.7 Å². The van der Waals surface area contributed by atoms with Gasteiger partial charge in [-0.2, -0.15) is 0 Å². The highest BCUT2D eigenvalue weighted by atomic mass is 32.2. The minimum atomic E-state index is -0.756. The molecular weight excluding hydrogens is 380 g/mol. The lowest BCUT2D eigenvalue weighted by Gasteiger charge is -2.36. The van der Waals surface area contributed by atoms with Gasteiger partial charge < -0.3 is 11.1 Å². The molecular formula is C24H24N2O2S. The minimum Gasteiger partial charge on any atom is -0.368 e. The van der Waals surface area contributed by atoms with Gasteiger partial charge >= 0.3 is 0 Å². The van der Waals surface area contributed by atoms with Gasteiger partial charge in [0.2, 0.25) is 11.8 Å². The number of hydrogen-bond acceptors (Lipinski definition) is 3. The zero-order valence-electron chi connectivity index (χ0n) is 16.2. The Balaban J connectivity index is 2.14. The Morgan fingerprint density at radius 2 is 1.21 bits per heavy atom. The molecule has 3 aromatic rings. The molecule has 2 amide bonds. The Hall–Kier alpha value is -3.05. The van der Waals surface area contributed by atoms with Crippen molar-refractivity contribution in [2.75, 3.05) is 5.75 Å². The second kappa shape index (κ2) is 9.43. The molecule has 0 bridgehead atoms. The first-order valence-corrected chi connectivity index (χ1v) is 10.4. The fourth-order valence-corrected chi connectivity index (χ4v) is 4.99. The van der Waals surface area contributed by atoms with E-state index in [0.717, 1.165) is 16.7 Å². The summed E-state index contributed by atoms with van der Waals surface area (Å²) in [5, 5.41) is 2.67. The van der Waals surface area contributed by atoms with Crippen LogP contribution >= 0.6 is 11.8 Å². The van der Waals surface area contributed by atoms with Crippen LogP contribution in [0.5, 0.6) is 0 Å². The number of rotatable bonds is 8. The molecule has 0 aliphatic carbocycles. The van der Waals surface area contributed by atoms with Crippen LogP contribution in [0.15, 0.2) is 91.0 Å². The Bertz CT molecular complexity index is 850. The van der Waals surface area contributed by atoms with E-state index in [-0.39, 0.29) is 5.91 Å². The Labute approximate surface area is 175 Å². The quantitative estimate of drug-likeness (QED) is 0.562. The molecule has 1 atom stereocenters. The number of thioether (sulfide) groups is 1. The SMILES string of the molecule is CC(=O)N[C@@H](CSC(c1ccccc1)(c1ccccc1)c1ccccc1)C(N)=O. The molecule has 4 nitrogen and oxygen atoms in total. The maximum atomic E-state index is 12.0. The Morgan fingerprint density at radius 3 is 1.52 bits per heavy atom. The van der Waals surface area contributed by atoms with E-state index in [1.54, 1.807) is 11.8 Å². The van der Waals surface area contributed by atoms with E-state index >= 15 is 0 Å². The zero-order chi connectivity index (χ0) is 20.7. The first-order valence-electron chi connectivity index (χ1n) is 9.41. The minimum absolute atomic E-state index is 0.279. The molecule has 0 aromatic heterocycles. The third-order valence-corrected chi connectivity index (χ3v) is 6.37. The highest BCUT2D eigenvalue weighted by molar-refractivity contribution is 8.00. The molecule has 0 saturated carbocycles. The van der Waals surface area contributed by atoms with Crippen molar-refractivity contribution in [2.45, 2.75) is 17.7 Å². The first kappa shape index (κ1) is 20.7. The number of nitrogens with two attached hydrogens (primary N) is 1. The van der Waals surface area contributed by atoms with Crippen LogP contribution < -0.4 is 11.1 Å². The van der Waals surface area contributed by atoms with Crippen molar-refractivity contribution < 1.29 is 9.59 Å². The maximum Gasteiger partial charge on any atom is 0.240 e. The van der Waals surface area contributed by atoms with Gasteiger partial charge in [0.25, 0.3) is 0 Å². The lowest BCUT2D eigenvalue weighted by atomic mass is 9.84. The fourth-order valence-electron chi connectivity index (χ4n) is 3.42. The largest absolute Gasteiger partial charge is 0.368 e. The number of nitrogens with one attached hydrogen (secondary N) is 1. The normalized spacial score (nSPS) is 12.2. The van der Waals surface area contributed by atoms with Gasteiger partial charge in [0.15, 0.2) is 0 Å². The van der Waals surface area contributed by atoms with Crippen molar-refractivity contribution in [1.82, 2.24) is 5.32 Å². The number of carbonyl (C=O) groups excluding carboxylic acids is 2. The molecule has 3 rings (SSSR count). The number of hydrogen-bond donors (Lipinski definition) is 2. The summed E-state index contributed by atoms with van der Waals surface area (Å²) in [5.74, 6) is -0.483. The lowest BCUT2D eigenvalue weighted by Crippen LogP contribution is -2.46. The monoisotopic (exact) mass is 404 g/mol. The summed E-state index contributed by atoms with van der Waals surface area (Å²) in [5.41, 5.74) is 8.84. The molecule has 0 radical (unpaired) electrons. The van der Waals surface area contributed by atoms with Crippen molar-refractivity contribution in [3.63, 3.8) is 0 Å². The van der Waals surface area contributed by atoms with Crippen molar-refractivity contribution in [1.29, 1.82) is 0 Å². The molecule has 0 spiro atoms. The van der Waals surface area contributed by atoms with Crippen LogP contribution in [0, 0.1) is 0 Å². The third kappa shape index (κ3) is 4.69. The van der Waals surface area contributed by atoms with E-state index in [9.17, 15) is 9.59 Å². The van der Waals surface area contributed by atoms with E-state index in [4.69, 9.17) is 5.73 Å². The molecule has 0 aliphatic heterocycles. The third-order valence-electron chi connectivity index (χ3n) is 4.73. The smallest absolute Gasteiger partial charge is 0.240 e. The number of primary amides is 1. The molecule has 3 aromatic carbocycles. The van der Waals surface area contributed by atoms with Crippen LogP contribution in [-0.4, -0.2) is 23.6 Å². The van der Waals surface area contributed by atoms with Gasteiger partial charge in [0.05, 0.1) is 4.75 Å². The molecule has 0 unspecified atom stereocenters. The number of amides is 2. The van der Waals surface area contributed by atoms with Gasteiger partial charge in [0, 0.05) is 12.7 Å². The highest BCUT2D eigenvalue weighted by Gasteiger charge is 2.38. The van der Waals surface area contributed by atoms with Crippen LogP contribution in [0.4, 0.5) is 0 Å². The average molecular weight is 405 g/mol. The van der Waals surface area contributed by atoms with Crippen LogP contribution in [0.25, 0.3) is 0 Å². The molecule has 0 saturated heterocycles. The number of benzene rings is 3. The van der Waals surface area contributed by atoms with Crippen LogP contribution in [0.1, 0.15) is 23.6 Å². The standard InChI is InChI=1S/C24H24N2O2S/c1-18(27)26-22(23(25)28)17-29-24(19-11-5-2-6-12-19,20-13-7-3-8-14-20)21-15-9-4-10-16-21/h2-16,22H,17H2,1H3,(H2,25,28)(H,26,27)/t22-/m0/s1. The van der Waals surface area contributed by atoms with Crippen molar-refractivity contribution in [2.24, 2.45) is 5.73 Å². The van der Waals surface area contributed by atoms with Gasteiger partial charge in [-0.1, -0.05) is 91.0 Å². The summed E-state index contributed by atoms with van der Waals surface area (Å²) in [6, 6.07) is 29.8. The van der Waals surface area contributed by atoms with E-state index in [2.05, 4.69) is 41.7 Å². The summed E-state index contributed by atoms with van der Waals surface area (Å²) in [4.78, 5) is 23.5. The summed E-state index contributed by atoms with van der Waals surface area (Å²) >= 11 is 1.59. The molecule has 0 fully saturated rings. The highest BCUT2D eigenvalue weighted by Crippen LogP contribution is 2.48. The van der Waals surface area contributed by atoms with Crippen LogP contribution in [0.2, 0.25) is 0 Å². The molecule has 0 aliphatic rings.